The minimum Gasteiger partial charge on any atom is -0.396 e. The summed E-state index contributed by atoms with van der Waals surface area (Å²) < 4.78 is 28.8. The molecule has 0 spiro atoms. The number of aromatic nitrogens is 1. The van der Waals surface area contributed by atoms with Gasteiger partial charge in [-0.2, -0.15) is 0 Å². The summed E-state index contributed by atoms with van der Waals surface area (Å²) in [5.74, 6) is -2.31. The summed E-state index contributed by atoms with van der Waals surface area (Å²) >= 11 is 0. The molecule has 0 fully saturated rings. The highest BCUT2D eigenvalue weighted by Crippen LogP contribution is 2.25. The van der Waals surface area contributed by atoms with Crippen LogP contribution in [0, 0.1) is 11.6 Å². The van der Waals surface area contributed by atoms with Crippen LogP contribution in [0.1, 0.15) is 15.9 Å². The Morgan fingerprint density at radius 3 is 2.57 bits per heavy atom. The normalized spacial score (nSPS) is 11.0. The standard InChI is InChI=1S/C16H12F2N2O/c1-20-8-11(9-4-2-3-5-15(9)20)16(21)10-6-14(19)13(18)7-12(10)17/h2-8H,19H2,1H3. The van der Waals surface area contributed by atoms with Crippen molar-refractivity contribution in [2.24, 2.45) is 7.05 Å². The molecule has 1 heterocycles. The maximum absolute atomic E-state index is 13.9. The number of hydrogen-bond acceptors (Lipinski definition) is 2. The molecule has 106 valence electrons. The van der Waals surface area contributed by atoms with E-state index in [1.165, 1.54) is 0 Å². The quantitative estimate of drug-likeness (QED) is 0.580. The maximum atomic E-state index is 13.9. The van der Waals surface area contributed by atoms with Gasteiger partial charge in [0.15, 0.2) is 5.78 Å². The largest absolute Gasteiger partial charge is 0.396 e. The number of ketones is 1. The van der Waals surface area contributed by atoms with Crippen molar-refractivity contribution in [3.63, 3.8) is 0 Å². The molecule has 0 unspecified atom stereocenters. The van der Waals surface area contributed by atoms with Gasteiger partial charge in [0.1, 0.15) is 11.6 Å². The van der Waals surface area contributed by atoms with Gasteiger partial charge >= 0.3 is 0 Å². The number of nitrogens with zero attached hydrogens (tertiary/aromatic N) is 1. The number of anilines is 1. The second-order valence-electron chi connectivity index (χ2n) is 4.85. The molecule has 3 nitrogen and oxygen atoms in total. The molecule has 3 rings (SSSR count). The minimum absolute atomic E-state index is 0.231. The van der Waals surface area contributed by atoms with E-state index in [0.29, 0.717) is 17.0 Å². The predicted molar refractivity (Wildman–Crippen MR) is 77.1 cm³/mol. The summed E-state index contributed by atoms with van der Waals surface area (Å²) in [5, 5.41) is 0.715. The van der Waals surface area contributed by atoms with Crippen molar-refractivity contribution in [3.05, 3.63) is 65.4 Å². The zero-order chi connectivity index (χ0) is 15.1. The summed E-state index contributed by atoms with van der Waals surface area (Å²) in [5.41, 5.74) is 6.16. The Kier molecular flexibility index (Phi) is 2.97. The lowest BCUT2D eigenvalue weighted by atomic mass is 10.0. The Balaban J connectivity index is 2.20. The van der Waals surface area contributed by atoms with E-state index in [4.69, 9.17) is 5.73 Å². The molecule has 0 bridgehead atoms. The van der Waals surface area contributed by atoms with Gasteiger partial charge in [0, 0.05) is 35.8 Å². The first-order valence-electron chi connectivity index (χ1n) is 6.32. The number of nitrogen functional groups attached to an aromatic ring is 1. The third-order valence-electron chi connectivity index (χ3n) is 3.47. The highest BCUT2D eigenvalue weighted by molar-refractivity contribution is 6.16. The number of para-hydroxylation sites is 1. The Labute approximate surface area is 119 Å². The lowest BCUT2D eigenvalue weighted by Crippen LogP contribution is -2.06. The van der Waals surface area contributed by atoms with Gasteiger partial charge in [-0.05, 0) is 12.1 Å². The fraction of sp³-hybridized carbons (Fsp3) is 0.0625. The summed E-state index contributed by atoms with van der Waals surface area (Å²) in [6.07, 6.45) is 1.63. The molecule has 0 saturated carbocycles. The van der Waals surface area contributed by atoms with E-state index in [1.54, 1.807) is 29.9 Å². The Bertz CT molecular complexity index is 868. The topological polar surface area (TPSA) is 48.0 Å². The monoisotopic (exact) mass is 286 g/mol. The molecule has 0 aliphatic carbocycles. The lowest BCUT2D eigenvalue weighted by Gasteiger charge is -2.04. The van der Waals surface area contributed by atoms with Crippen molar-refractivity contribution in [1.82, 2.24) is 4.57 Å². The first-order valence-corrected chi connectivity index (χ1v) is 6.32. The zero-order valence-corrected chi connectivity index (χ0v) is 11.2. The third kappa shape index (κ3) is 2.07. The molecule has 2 N–H and O–H groups in total. The van der Waals surface area contributed by atoms with Crippen molar-refractivity contribution < 1.29 is 13.6 Å². The van der Waals surface area contributed by atoms with E-state index in [-0.39, 0.29) is 11.3 Å². The Hall–Kier alpha value is -2.69. The second-order valence-corrected chi connectivity index (χ2v) is 4.85. The molecule has 1 aromatic heterocycles. The van der Waals surface area contributed by atoms with Crippen molar-refractivity contribution in [1.29, 1.82) is 0 Å². The summed E-state index contributed by atoms with van der Waals surface area (Å²) in [4.78, 5) is 12.5. The van der Waals surface area contributed by atoms with Crippen LogP contribution in [0.5, 0.6) is 0 Å². The highest BCUT2D eigenvalue weighted by Gasteiger charge is 2.20. The number of benzene rings is 2. The molecular formula is C16H12F2N2O. The molecule has 2 aromatic carbocycles. The number of aryl methyl sites for hydroxylation is 1. The van der Waals surface area contributed by atoms with E-state index in [1.807, 2.05) is 12.1 Å². The molecule has 0 aliphatic heterocycles. The fourth-order valence-corrected chi connectivity index (χ4v) is 2.41. The van der Waals surface area contributed by atoms with E-state index < -0.39 is 17.4 Å². The second kappa shape index (κ2) is 4.70. The summed E-state index contributed by atoms with van der Waals surface area (Å²) in [6.45, 7) is 0. The van der Waals surface area contributed by atoms with Crippen LogP contribution in [0.2, 0.25) is 0 Å². The van der Waals surface area contributed by atoms with Crippen LogP contribution < -0.4 is 5.73 Å². The van der Waals surface area contributed by atoms with Crippen LogP contribution in [0.3, 0.4) is 0 Å². The van der Waals surface area contributed by atoms with Gasteiger partial charge < -0.3 is 10.3 Å². The van der Waals surface area contributed by atoms with Gasteiger partial charge in [0.25, 0.3) is 0 Å². The van der Waals surface area contributed by atoms with Crippen LogP contribution >= 0.6 is 0 Å². The Morgan fingerprint density at radius 1 is 1.10 bits per heavy atom. The van der Waals surface area contributed by atoms with Gasteiger partial charge in [0.2, 0.25) is 0 Å². The van der Waals surface area contributed by atoms with Crippen LogP contribution in [0.4, 0.5) is 14.5 Å². The number of hydrogen-bond donors (Lipinski definition) is 1. The smallest absolute Gasteiger partial charge is 0.198 e. The predicted octanol–water partition coefficient (Wildman–Crippen LogP) is 3.27. The third-order valence-corrected chi connectivity index (χ3v) is 3.47. The van der Waals surface area contributed by atoms with Crippen molar-refractivity contribution in [2.45, 2.75) is 0 Å². The average Bonchev–Trinajstić information content (AvgIpc) is 2.80. The molecule has 0 amide bonds. The average molecular weight is 286 g/mol. The number of rotatable bonds is 2. The number of carbonyl (C=O) groups is 1. The van der Waals surface area contributed by atoms with Crippen LogP contribution in [0.15, 0.2) is 42.6 Å². The molecule has 5 heteroatoms. The van der Waals surface area contributed by atoms with Gasteiger partial charge in [-0.3, -0.25) is 4.79 Å². The zero-order valence-electron chi connectivity index (χ0n) is 11.2. The van der Waals surface area contributed by atoms with Crippen molar-refractivity contribution in [2.75, 3.05) is 5.73 Å². The summed E-state index contributed by atoms with van der Waals surface area (Å²) in [7, 11) is 1.80. The van der Waals surface area contributed by atoms with Crippen LogP contribution in [0.25, 0.3) is 10.9 Å². The van der Waals surface area contributed by atoms with Crippen LogP contribution in [-0.4, -0.2) is 10.4 Å². The van der Waals surface area contributed by atoms with Crippen molar-refractivity contribution >= 4 is 22.4 Å². The SMILES string of the molecule is Cn1cc(C(=O)c2cc(N)c(F)cc2F)c2ccccc21. The number of carbonyl (C=O) groups excluding carboxylic acids is 1. The lowest BCUT2D eigenvalue weighted by molar-refractivity contribution is 0.103. The van der Waals surface area contributed by atoms with Gasteiger partial charge in [-0.15, -0.1) is 0 Å². The molecule has 3 aromatic rings. The molecular weight excluding hydrogens is 274 g/mol. The highest BCUT2D eigenvalue weighted by atomic mass is 19.1. The number of fused-ring (bicyclic) bond motifs is 1. The van der Waals surface area contributed by atoms with E-state index in [2.05, 4.69) is 0 Å². The molecule has 21 heavy (non-hydrogen) atoms. The van der Waals surface area contributed by atoms with E-state index in [0.717, 1.165) is 11.6 Å². The first-order chi connectivity index (χ1) is 9.99. The summed E-state index contributed by atoms with van der Waals surface area (Å²) in [6, 6.07) is 8.97. The van der Waals surface area contributed by atoms with Gasteiger partial charge in [-0.25, -0.2) is 8.78 Å². The molecule has 0 aliphatic rings. The van der Waals surface area contributed by atoms with E-state index in [9.17, 15) is 13.6 Å². The molecule has 0 atom stereocenters. The minimum atomic E-state index is -0.917. The van der Waals surface area contributed by atoms with Gasteiger partial charge in [-0.1, -0.05) is 18.2 Å². The van der Waals surface area contributed by atoms with Gasteiger partial charge in [0.05, 0.1) is 11.3 Å². The van der Waals surface area contributed by atoms with E-state index >= 15 is 0 Å². The maximum Gasteiger partial charge on any atom is 0.198 e. The first kappa shape index (κ1) is 13.3. The number of halogens is 2. The Morgan fingerprint density at radius 2 is 1.81 bits per heavy atom. The molecule has 0 radical (unpaired) electrons. The van der Waals surface area contributed by atoms with Crippen molar-refractivity contribution in [3.8, 4) is 0 Å². The molecule has 0 saturated heterocycles. The fourth-order valence-electron chi connectivity index (χ4n) is 2.41. The number of nitrogens with two attached hydrogens (primary N) is 1. The van der Waals surface area contributed by atoms with Crippen LogP contribution in [-0.2, 0) is 7.05 Å².